The summed E-state index contributed by atoms with van der Waals surface area (Å²) in [7, 11) is 0. The number of hydrogen-bond donors (Lipinski definition) is 0. The molecule has 5 nitrogen and oxygen atoms in total. The highest BCUT2D eigenvalue weighted by atomic mass is 19.3. The van der Waals surface area contributed by atoms with E-state index in [-0.39, 0.29) is 12.0 Å². The average molecular weight is 328 g/mol. The molecule has 0 saturated heterocycles. The van der Waals surface area contributed by atoms with Gasteiger partial charge in [0, 0.05) is 31.3 Å². The molecule has 0 unspecified atom stereocenters. The Kier molecular flexibility index (Phi) is 5.38. The summed E-state index contributed by atoms with van der Waals surface area (Å²) in [5.41, 5.74) is 1.24. The summed E-state index contributed by atoms with van der Waals surface area (Å²) in [6.45, 7) is 5.83. The maximum atomic E-state index is 12.2. The number of fused-ring (bicyclic) bond motifs is 1. The number of pyridine rings is 1. The van der Waals surface area contributed by atoms with E-state index >= 15 is 0 Å². The van der Waals surface area contributed by atoms with Gasteiger partial charge in [-0.2, -0.15) is 0 Å². The van der Waals surface area contributed by atoms with Crippen molar-refractivity contribution < 1.29 is 23.0 Å². The zero-order valence-corrected chi connectivity index (χ0v) is 13.6. The number of alkyl halides is 2. The van der Waals surface area contributed by atoms with Crippen molar-refractivity contribution in [2.24, 2.45) is 0 Å². The Balaban J connectivity index is 2.01. The van der Waals surface area contributed by atoms with E-state index < -0.39 is 18.6 Å². The first kappa shape index (κ1) is 17.4. The smallest absolute Gasteiger partial charge is 0.410 e. The summed E-state index contributed by atoms with van der Waals surface area (Å²) in [4.78, 5) is 18.1. The monoisotopic (exact) mass is 328 g/mol. The number of rotatable bonds is 3. The van der Waals surface area contributed by atoms with E-state index in [9.17, 15) is 13.6 Å². The van der Waals surface area contributed by atoms with Gasteiger partial charge in [0.25, 0.3) is 6.43 Å². The molecule has 23 heavy (non-hydrogen) atoms. The third kappa shape index (κ3) is 5.33. The Morgan fingerprint density at radius 3 is 2.65 bits per heavy atom. The van der Waals surface area contributed by atoms with Crippen LogP contribution in [-0.4, -0.2) is 47.7 Å². The van der Waals surface area contributed by atoms with Gasteiger partial charge in [-0.15, -0.1) is 0 Å². The molecule has 1 aliphatic rings. The van der Waals surface area contributed by atoms with Crippen LogP contribution in [0.5, 0.6) is 5.88 Å². The largest absolute Gasteiger partial charge is 0.472 e. The van der Waals surface area contributed by atoms with Crippen molar-refractivity contribution in [1.82, 2.24) is 9.88 Å². The van der Waals surface area contributed by atoms with Crippen molar-refractivity contribution in [3.8, 4) is 5.88 Å². The molecule has 128 valence electrons. The van der Waals surface area contributed by atoms with Crippen LogP contribution < -0.4 is 4.74 Å². The molecule has 2 rings (SSSR count). The molecule has 0 radical (unpaired) electrons. The molecule has 1 aromatic rings. The topological polar surface area (TPSA) is 51.7 Å². The standard InChI is InChI=1S/C16H22F2N2O3/c1-16(2,3)23-15(21)20-8-6-11-4-5-14(22-10-13(17)18)19-12(11)7-9-20/h4-5,13H,6-10H2,1-3H3. The van der Waals surface area contributed by atoms with Crippen molar-refractivity contribution in [3.05, 3.63) is 23.4 Å². The Hall–Kier alpha value is -1.92. The fourth-order valence-electron chi connectivity index (χ4n) is 2.30. The summed E-state index contributed by atoms with van der Waals surface area (Å²) >= 11 is 0. The second-order valence-corrected chi connectivity index (χ2v) is 6.42. The first-order chi connectivity index (χ1) is 10.7. The molecule has 0 fully saturated rings. The molecule has 0 saturated carbocycles. The van der Waals surface area contributed by atoms with Crippen molar-refractivity contribution in [2.75, 3.05) is 19.7 Å². The Morgan fingerprint density at radius 2 is 2.00 bits per heavy atom. The van der Waals surface area contributed by atoms with E-state index in [0.717, 1.165) is 11.3 Å². The van der Waals surface area contributed by atoms with Crippen molar-refractivity contribution in [1.29, 1.82) is 0 Å². The van der Waals surface area contributed by atoms with Gasteiger partial charge in [0.15, 0.2) is 6.61 Å². The third-order valence-electron chi connectivity index (χ3n) is 3.32. The molecule has 1 aliphatic heterocycles. The van der Waals surface area contributed by atoms with Gasteiger partial charge in [-0.3, -0.25) is 0 Å². The number of amides is 1. The van der Waals surface area contributed by atoms with Gasteiger partial charge in [-0.1, -0.05) is 6.07 Å². The maximum Gasteiger partial charge on any atom is 0.410 e. The lowest BCUT2D eigenvalue weighted by atomic mass is 10.1. The minimum Gasteiger partial charge on any atom is -0.472 e. The van der Waals surface area contributed by atoms with Crippen LogP contribution in [0.4, 0.5) is 13.6 Å². The Bertz CT molecular complexity index is 559. The van der Waals surface area contributed by atoms with Crippen molar-refractivity contribution in [3.63, 3.8) is 0 Å². The molecule has 0 N–H and O–H groups in total. The number of carbonyl (C=O) groups is 1. The molecule has 0 atom stereocenters. The van der Waals surface area contributed by atoms with Crippen molar-refractivity contribution in [2.45, 2.75) is 45.6 Å². The lowest BCUT2D eigenvalue weighted by Gasteiger charge is -2.26. The Labute approximate surface area is 134 Å². The Morgan fingerprint density at radius 1 is 1.30 bits per heavy atom. The molecule has 0 spiro atoms. The second kappa shape index (κ2) is 7.10. The average Bonchev–Trinajstić information content (AvgIpc) is 2.65. The van der Waals surface area contributed by atoms with Gasteiger partial charge in [-0.05, 0) is 32.8 Å². The maximum absolute atomic E-state index is 12.2. The van der Waals surface area contributed by atoms with E-state index in [1.54, 1.807) is 11.0 Å². The number of halogens is 2. The van der Waals surface area contributed by atoms with Crippen LogP contribution in [0.1, 0.15) is 32.0 Å². The second-order valence-electron chi connectivity index (χ2n) is 6.42. The zero-order chi connectivity index (χ0) is 17.0. The highest BCUT2D eigenvalue weighted by molar-refractivity contribution is 5.68. The van der Waals surface area contributed by atoms with Gasteiger partial charge < -0.3 is 14.4 Å². The van der Waals surface area contributed by atoms with Gasteiger partial charge in [0.1, 0.15) is 5.60 Å². The molecule has 1 amide bonds. The van der Waals surface area contributed by atoms with Crippen LogP contribution in [0.3, 0.4) is 0 Å². The van der Waals surface area contributed by atoms with Crippen LogP contribution in [0.15, 0.2) is 12.1 Å². The fraction of sp³-hybridized carbons (Fsp3) is 0.625. The lowest BCUT2D eigenvalue weighted by Crippen LogP contribution is -2.38. The van der Waals surface area contributed by atoms with Gasteiger partial charge in [-0.25, -0.2) is 18.6 Å². The first-order valence-electron chi connectivity index (χ1n) is 7.62. The summed E-state index contributed by atoms with van der Waals surface area (Å²) < 4.78 is 34.7. The van der Waals surface area contributed by atoms with Gasteiger partial charge in [0.05, 0.1) is 0 Å². The van der Waals surface area contributed by atoms with Crippen LogP contribution in [0.25, 0.3) is 0 Å². The molecule has 0 bridgehead atoms. The van der Waals surface area contributed by atoms with Crippen molar-refractivity contribution >= 4 is 6.09 Å². The highest BCUT2D eigenvalue weighted by Crippen LogP contribution is 2.20. The van der Waals surface area contributed by atoms with Gasteiger partial charge >= 0.3 is 6.09 Å². The number of ether oxygens (including phenoxy) is 2. The predicted molar refractivity (Wildman–Crippen MR) is 81.0 cm³/mol. The molecular weight excluding hydrogens is 306 g/mol. The molecule has 2 heterocycles. The SMILES string of the molecule is CC(C)(C)OC(=O)N1CCc2ccc(OCC(F)F)nc2CC1. The summed E-state index contributed by atoms with van der Waals surface area (Å²) in [6.07, 6.45) is -1.69. The minimum absolute atomic E-state index is 0.190. The molecule has 7 heteroatoms. The quantitative estimate of drug-likeness (QED) is 0.856. The van der Waals surface area contributed by atoms with Crippen LogP contribution in [0.2, 0.25) is 0 Å². The van der Waals surface area contributed by atoms with Crippen LogP contribution in [-0.2, 0) is 17.6 Å². The minimum atomic E-state index is -2.53. The summed E-state index contributed by atoms with van der Waals surface area (Å²) in [5, 5.41) is 0. The van der Waals surface area contributed by atoms with Crippen LogP contribution >= 0.6 is 0 Å². The molecule has 0 aromatic carbocycles. The third-order valence-corrected chi connectivity index (χ3v) is 3.32. The molecule has 0 aliphatic carbocycles. The van der Waals surface area contributed by atoms with Crippen LogP contribution in [0, 0.1) is 0 Å². The van der Waals surface area contributed by atoms with Gasteiger partial charge in [0.2, 0.25) is 5.88 Å². The number of aromatic nitrogens is 1. The summed E-state index contributed by atoms with van der Waals surface area (Å²) in [6, 6.07) is 3.41. The fourth-order valence-corrected chi connectivity index (χ4v) is 2.30. The van der Waals surface area contributed by atoms with E-state index in [2.05, 4.69) is 4.98 Å². The molecular formula is C16H22F2N2O3. The molecule has 1 aromatic heterocycles. The lowest BCUT2D eigenvalue weighted by molar-refractivity contribution is 0.0258. The number of carbonyl (C=O) groups excluding carboxylic acids is 1. The predicted octanol–water partition coefficient (Wildman–Crippen LogP) is 3.06. The normalized spacial score (nSPS) is 15.1. The van der Waals surface area contributed by atoms with E-state index in [0.29, 0.717) is 25.9 Å². The highest BCUT2D eigenvalue weighted by Gasteiger charge is 2.24. The van der Waals surface area contributed by atoms with E-state index in [1.807, 2.05) is 26.8 Å². The zero-order valence-electron chi connectivity index (χ0n) is 13.6. The number of nitrogens with zero attached hydrogens (tertiary/aromatic N) is 2. The van der Waals surface area contributed by atoms with E-state index in [4.69, 9.17) is 9.47 Å². The summed E-state index contributed by atoms with van der Waals surface area (Å²) in [5.74, 6) is 0.190. The first-order valence-corrected chi connectivity index (χ1v) is 7.62. The van der Waals surface area contributed by atoms with E-state index in [1.165, 1.54) is 0 Å². The number of hydrogen-bond acceptors (Lipinski definition) is 4.